The Morgan fingerprint density at radius 2 is 1.86 bits per heavy atom. The van der Waals surface area contributed by atoms with E-state index >= 15 is 0 Å². The Morgan fingerprint density at radius 1 is 1.17 bits per heavy atom. The standard InChI is InChI=1S/C19H14FN3O5S/c20-15-4-2-1-3-13(15)11-16-18(25)22(19(26)29-16)10-9-21-17(24)12-5-7-14(8-6-12)23(27)28/h1-8,11H,9-10H2,(H,21,24)/b16-11-. The predicted octanol–water partition coefficient (Wildman–Crippen LogP) is 3.20. The van der Waals surface area contributed by atoms with Crippen LogP contribution in [0.15, 0.2) is 53.4 Å². The van der Waals surface area contributed by atoms with Gasteiger partial charge < -0.3 is 5.32 Å². The molecule has 3 amide bonds. The minimum atomic E-state index is -0.573. The first kappa shape index (κ1) is 20.2. The van der Waals surface area contributed by atoms with Crippen molar-refractivity contribution in [2.24, 2.45) is 0 Å². The third kappa shape index (κ3) is 4.66. The Hall–Kier alpha value is -3.53. The van der Waals surface area contributed by atoms with Crippen LogP contribution in [0, 0.1) is 15.9 Å². The van der Waals surface area contributed by atoms with Gasteiger partial charge in [0.25, 0.3) is 22.7 Å². The molecule has 2 aromatic rings. The Kier molecular flexibility index (Phi) is 6.03. The van der Waals surface area contributed by atoms with Gasteiger partial charge in [-0.05, 0) is 36.0 Å². The van der Waals surface area contributed by atoms with E-state index in [1.165, 1.54) is 48.5 Å². The molecular weight excluding hydrogens is 401 g/mol. The van der Waals surface area contributed by atoms with Crippen molar-refractivity contribution in [3.05, 3.63) is 80.5 Å². The van der Waals surface area contributed by atoms with Crippen LogP contribution >= 0.6 is 11.8 Å². The van der Waals surface area contributed by atoms with Crippen molar-refractivity contribution < 1.29 is 23.7 Å². The normalized spacial score (nSPS) is 15.1. The fourth-order valence-electron chi connectivity index (χ4n) is 2.54. The van der Waals surface area contributed by atoms with Gasteiger partial charge in [-0.3, -0.25) is 29.4 Å². The molecule has 0 saturated carbocycles. The van der Waals surface area contributed by atoms with E-state index in [0.717, 1.165) is 4.90 Å². The fraction of sp³-hybridized carbons (Fsp3) is 0.105. The summed E-state index contributed by atoms with van der Waals surface area (Å²) in [5.74, 6) is -1.56. The number of benzene rings is 2. The van der Waals surface area contributed by atoms with E-state index in [0.29, 0.717) is 11.8 Å². The van der Waals surface area contributed by atoms with Gasteiger partial charge in [-0.25, -0.2) is 4.39 Å². The highest BCUT2D eigenvalue weighted by Crippen LogP contribution is 2.32. The maximum absolute atomic E-state index is 13.7. The van der Waals surface area contributed by atoms with Gasteiger partial charge in [0.1, 0.15) is 5.82 Å². The van der Waals surface area contributed by atoms with Crippen molar-refractivity contribution in [1.82, 2.24) is 10.2 Å². The number of thioether (sulfide) groups is 1. The number of imide groups is 1. The number of non-ortho nitro benzene ring substituents is 1. The van der Waals surface area contributed by atoms with Gasteiger partial charge in [0.2, 0.25) is 0 Å². The summed E-state index contributed by atoms with van der Waals surface area (Å²) in [7, 11) is 0. The highest BCUT2D eigenvalue weighted by molar-refractivity contribution is 8.18. The zero-order valence-electron chi connectivity index (χ0n) is 14.8. The van der Waals surface area contributed by atoms with Gasteiger partial charge in [-0.2, -0.15) is 0 Å². The van der Waals surface area contributed by atoms with Crippen LogP contribution in [0.4, 0.5) is 14.9 Å². The largest absolute Gasteiger partial charge is 0.350 e. The Balaban J connectivity index is 1.58. The van der Waals surface area contributed by atoms with Crippen molar-refractivity contribution in [2.45, 2.75) is 0 Å². The van der Waals surface area contributed by atoms with Crippen LogP contribution in [0.25, 0.3) is 6.08 Å². The summed E-state index contributed by atoms with van der Waals surface area (Å²) in [6.07, 6.45) is 1.32. The van der Waals surface area contributed by atoms with Crippen molar-refractivity contribution in [1.29, 1.82) is 0 Å². The summed E-state index contributed by atoms with van der Waals surface area (Å²) in [6, 6.07) is 10.9. The van der Waals surface area contributed by atoms with Crippen LogP contribution in [-0.2, 0) is 4.79 Å². The Labute approximate surface area is 168 Å². The monoisotopic (exact) mass is 415 g/mol. The fourth-order valence-corrected chi connectivity index (χ4v) is 3.40. The third-order valence-corrected chi connectivity index (χ3v) is 4.93. The van der Waals surface area contributed by atoms with E-state index in [9.17, 15) is 28.9 Å². The number of hydrogen-bond acceptors (Lipinski definition) is 6. The molecule has 0 aliphatic carbocycles. The number of carbonyl (C=O) groups is 3. The number of nitrogens with zero attached hydrogens (tertiary/aromatic N) is 2. The average molecular weight is 415 g/mol. The summed E-state index contributed by atoms with van der Waals surface area (Å²) in [4.78, 5) is 47.7. The summed E-state index contributed by atoms with van der Waals surface area (Å²) < 4.78 is 13.7. The first-order valence-electron chi connectivity index (χ1n) is 8.39. The molecule has 0 bridgehead atoms. The van der Waals surface area contributed by atoms with Gasteiger partial charge in [-0.15, -0.1) is 0 Å². The molecule has 8 nitrogen and oxygen atoms in total. The number of amides is 3. The zero-order valence-corrected chi connectivity index (χ0v) is 15.6. The number of halogens is 1. The van der Waals surface area contributed by atoms with Gasteiger partial charge in [0, 0.05) is 36.3 Å². The Bertz CT molecular complexity index is 1020. The molecule has 3 rings (SSSR count). The highest BCUT2D eigenvalue weighted by Gasteiger charge is 2.34. The SMILES string of the molecule is O=C(NCCN1C(=O)S/C(=C\c2ccccc2F)C1=O)c1ccc([N+](=O)[O-])cc1. The summed E-state index contributed by atoms with van der Waals surface area (Å²) in [6.45, 7) is -0.0567. The number of nitro benzene ring substituents is 1. The van der Waals surface area contributed by atoms with Crippen molar-refractivity contribution in [3.8, 4) is 0 Å². The maximum Gasteiger partial charge on any atom is 0.293 e. The molecule has 148 valence electrons. The number of nitro groups is 1. The molecule has 1 aliphatic rings. The van der Waals surface area contributed by atoms with Crippen LogP contribution in [0.5, 0.6) is 0 Å². The van der Waals surface area contributed by atoms with Crippen LogP contribution in [0.2, 0.25) is 0 Å². The molecule has 0 aromatic heterocycles. The Morgan fingerprint density at radius 3 is 2.52 bits per heavy atom. The zero-order chi connectivity index (χ0) is 21.0. The van der Waals surface area contributed by atoms with E-state index in [-0.39, 0.29) is 34.8 Å². The van der Waals surface area contributed by atoms with Crippen molar-refractivity contribution >= 4 is 40.6 Å². The van der Waals surface area contributed by atoms with E-state index in [2.05, 4.69) is 5.32 Å². The first-order valence-corrected chi connectivity index (χ1v) is 9.21. The minimum absolute atomic E-state index is 0.000832. The lowest BCUT2D eigenvalue weighted by Crippen LogP contribution is -2.37. The van der Waals surface area contributed by atoms with E-state index in [1.54, 1.807) is 6.07 Å². The van der Waals surface area contributed by atoms with Gasteiger partial charge >= 0.3 is 0 Å². The van der Waals surface area contributed by atoms with Gasteiger partial charge in [-0.1, -0.05) is 18.2 Å². The van der Waals surface area contributed by atoms with Crippen molar-refractivity contribution in [2.75, 3.05) is 13.1 Å². The average Bonchev–Trinajstić information content (AvgIpc) is 2.97. The van der Waals surface area contributed by atoms with Crippen LogP contribution in [-0.4, -0.2) is 40.0 Å². The predicted molar refractivity (Wildman–Crippen MR) is 105 cm³/mol. The van der Waals surface area contributed by atoms with E-state index in [4.69, 9.17) is 0 Å². The molecule has 0 radical (unpaired) electrons. The molecule has 1 saturated heterocycles. The number of hydrogen-bond donors (Lipinski definition) is 1. The topological polar surface area (TPSA) is 110 Å². The van der Waals surface area contributed by atoms with Gasteiger partial charge in [0.05, 0.1) is 9.83 Å². The second-order valence-corrected chi connectivity index (χ2v) is 6.91. The highest BCUT2D eigenvalue weighted by atomic mass is 32.2. The molecule has 1 heterocycles. The maximum atomic E-state index is 13.7. The summed E-state index contributed by atoms with van der Waals surface area (Å²) >= 11 is 0.700. The number of rotatable bonds is 6. The first-order chi connectivity index (χ1) is 13.9. The molecule has 10 heteroatoms. The lowest BCUT2D eigenvalue weighted by Gasteiger charge is -2.13. The molecule has 29 heavy (non-hydrogen) atoms. The summed E-state index contributed by atoms with van der Waals surface area (Å²) in [5, 5.41) is 12.7. The molecule has 0 atom stereocenters. The molecule has 0 spiro atoms. The van der Waals surface area contributed by atoms with Crippen LogP contribution in [0.1, 0.15) is 15.9 Å². The molecule has 0 unspecified atom stereocenters. The molecule has 1 N–H and O–H groups in total. The van der Waals surface area contributed by atoms with Gasteiger partial charge in [0.15, 0.2) is 0 Å². The molecular formula is C19H14FN3O5S. The summed E-state index contributed by atoms with van der Waals surface area (Å²) in [5.41, 5.74) is 0.273. The molecule has 1 fully saturated rings. The lowest BCUT2D eigenvalue weighted by molar-refractivity contribution is -0.384. The van der Waals surface area contributed by atoms with Crippen LogP contribution < -0.4 is 5.32 Å². The second kappa shape index (κ2) is 8.65. The second-order valence-electron chi connectivity index (χ2n) is 5.91. The lowest BCUT2D eigenvalue weighted by atomic mass is 10.2. The van der Waals surface area contributed by atoms with E-state index < -0.39 is 27.8 Å². The molecule has 2 aromatic carbocycles. The molecule has 1 aliphatic heterocycles. The van der Waals surface area contributed by atoms with E-state index in [1.807, 2.05) is 0 Å². The number of carbonyl (C=O) groups excluding carboxylic acids is 3. The van der Waals surface area contributed by atoms with Crippen LogP contribution in [0.3, 0.4) is 0 Å². The van der Waals surface area contributed by atoms with Crippen molar-refractivity contribution in [3.63, 3.8) is 0 Å². The number of nitrogens with one attached hydrogen (secondary N) is 1. The minimum Gasteiger partial charge on any atom is -0.350 e. The quantitative estimate of drug-likeness (QED) is 0.441. The smallest absolute Gasteiger partial charge is 0.293 e. The third-order valence-electron chi connectivity index (χ3n) is 4.03.